The van der Waals surface area contributed by atoms with E-state index in [9.17, 15) is 5.11 Å². The molecule has 102 valence electrons. The summed E-state index contributed by atoms with van der Waals surface area (Å²) in [5.41, 5.74) is 0. The van der Waals surface area contributed by atoms with Crippen LogP contribution < -0.4 is 9.64 Å². The SMILES string of the molecule is CCCOc1nc(Cl)nc(N(C)CCC(C)O)n1. The van der Waals surface area contributed by atoms with Crippen molar-refractivity contribution in [2.45, 2.75) is 32.8 Å². The molecule has 0 saturated carbocycles. The second-order valence-corrected chi connectivity index (χ2v) is 4.43. The maximum absolute atomic E-state index is 9.24. The molecule has 18 heavy (non-hydrogen) atoms. The molecule has 0 radical (unpaired) electrons. The van der Waals surface area contributed by atoms with Crippen LogP contribution in [0.2, 0.25) is 5.28 Å². The van der Waals surface area contributed by atoms with Gasteiger partial charge >= 0.3 is 6.01 Å². The second-order valence-electron chi connectivity index (χ2n) is 4.09. The van der Waals surface area contributed by atoms with Crippen LogP contribution in [0.3, 0.4) is 0 Å². The van der Waals surface area contributed by atoms with E-state index in [-0.39, 0.29) is 17.4 Å². The summed E-state index contributed by atoms with van der Waals surface area (Å²) in [4.78, 5) is 13.9. The molecule has 1 aromatic rings. The molecule has 7 heteroatoms. The molecule has 1 atom stereocenters. The lowest BCUT2D eigenvalue weighted by Crippen LogP contribution is -2.24. The van der Waals surface area contributed by atoms with E-state index in [1.54, 1.807) is 11.8 Å². The number of nitrogens with zero attached hydrogens (tertiary/aromatic N) is 4. The highest BCUT2D eigenvalue weighted by Gasteiger charge is 2.10. The van der Waals surface area contributed by atoms with Gasteiger partial charge in [-0.15, -0.1) is 0 Å². The maximum atomic E-state index is 9.24. The van der Waals surface area contributed by atoms with Gasteiger partial charge in [0.2, 0.25) is 11.2 Å². The zero-order chi connectivity index (χ0) is 13.5. The lowest BCUT2D eigenvalue weighted by Gasteiger charge is -2.18. The van der Waals surface area contributed by atoms with Gasteiger partial charge in [0.05, 0.1) is 12.7 Å². The van der Waals surface area contributed by atoms with Crippen LogP contribution >= 0.6 is 11.6 Å². The first-order chi connectivity index (χ1) is 8.52. The third-order valence-electron chi connectivity index (χ3n) is 2.23. The number of aliphatic hydroxyl groups excluding tert-OH is 1. The van der Waals surface area contributed by atoms with Gasteiger partial charge in [0, 0.05) is 13.6 Å². The first-order valence-corrected chi connectivity index (χ1v) is 6.34. The lowest BCUT2D eigenvalue weighted by atomic mass is 10.3. The Balaban J connectivity index is 2.71. The van der Waals surface area contributed by atoms with Crippen molar-refractivity contribution in [2.24, 2.45) is 0 Å². The largest absolute Gasteiger partial charge is 0.463 e. The lowest BCUT2D eigenvalue weighted by molar-refractivity contribution is 0.186. The van der Waals surface area contributed by atoms with E-state index in [1.807, 2.05) is 14.0 Å². The Morgan fingerprint density at radius 2 is 2.11 bits per heavy atom. The summed E-state index contributed by atoms with van der Waals surface area (Å²) in [6, 6.07) is 0.232. The number of aliphatic hydroxyl groups is 1. The van der Waals surface area contributed by atoms with Crippen LogP contribution in [-0.4, -0.2) is 46.4 Å². The summed E-state index contributed by atoms with van der Waals surface area (Å²) >= 11 is 5.82. The standard InChI is InChI=1S/C11H19ClN4O2/c1-4-7-18-11-14-9(12)13-10(15-11)16(3)6-5-8(2)17/h8,17H,4-7H2,1-3H3. The Bertz CT molecular complexity index is 376. The van der Waals surface area contributed by atoms with E-state index in [4.69, 9.17) is 16.3 Å². The van der Waals surface area contributed by atoms with Crippen LogP contribution in [0, 0.1) is 0 Å². The van der Waals surface area contributed by atoms with Gasteiger partial charge in [-0.1, -0.05) is 6.92 Å². The third-order valence-corrected chi connectivity index (χ3v) is 2.40. The minimum Gasteiger partial charge on any atom is -0.463 e. The second kappa shape index (κ2) is 7.33. The average molecular weight is 275 g/mol. The number of aromatic nitrogens is 3. The molecule has 0 aliphatic carbocycles. The number of ether oxygens (including phenoxy) is 1. The molecule has 0 aliphatic heterocycles. The smallest absolute Gasteiger partial charge is 0.322 e. The molecular formula is C11H19ClN4O2. The molecule has 0 spiro atoms. The molecule has 1 aromatic heterocycles. The normalized spacial score (nSPS) is 12.3. The monoisotopic (exact) mass is 274 g/mol. The molecule has 6 nitrogen and oxygen atoms in total. The van der Waals surface area contributed by atoms with Gasteiger partial charge in [-0.25, -0.2) is 0 Å². The number of hydrogen-bond acceptors (Lipinski definition) is 6. The summed E-state index contributed by atoms with van der Waals surface area (Å²) in [7, 11) is 1.83. The predicted molar refractivity (Wildman–Crippen MR) is 70.2 cm³/mol. The van der Waals surface area contributed by atoms with E-state index in [2.05, 4.69) is 15.0 Å². The van der Waals surface area contributed by atoms with Crippen molar-refractivity contribution in [2.75, 3.05) is 25.1 Å². The fourth-order valence-corrected chi connectivity index (χ4v) is 1.38. The van der Waals surface area contributed by atoms with Crippen molar-refractivity contribution in [3.63, 3.8) is 0 Å². The number of halogens is 1. The van der Waals surface area contributed by atoms with E-state index >= 15 is 0 Å². The minimum atomic E-state index is -0.361. The van der Waals surface area contributed by atoms with Crippen molar-refractivity contribution in [1.82, 2.24) is 15.0 Å². The summed E-state index contributed by atoms with van der Waals surface area (Å²) in [6.07, 6.45) is 1.14. The minimum absolute atomic E-state index is 0.106. The molecule has 0 aliphatic rings. The molecule has 0 bridgehead atoms. The van der Waals surface area contributed by atoms with Crippen molar-refractivity contribution < 1.29 is 9.84 Å². The topological polar surface area (TPSA) is 71.4 Å². The van der Waals surface area contributed by atoms with Crippen LogP contribution in [0.5, 0.6) is 6.01 Å². The summed E-state index contributed by atoms with van der Waals surface area (Å²) in [6.45, 7) is 4.91. The van der Waals surface area contributed by atoms with Crippen molar-refractivity contribution in [3.8, 4) is 6.01 Å². The Labute approximate surface area is 112 Å². The fraction of sp³-hybridized carbons (Fsp3) is 0.727. The third kappa shape index (κ3) is 5.01. The number of rotatable bonds is 7. The van der Waals surface area contributed by atoms with E-state index in [1.165, 1.54) is 0 Å². The highest BCUT2D eigenvalue weighted by molar-refractivity contribution is 6.28. The predicted octanol–water partition coefficient (Wildman–Crippen LogP) is 1.52. The molecule has 1 N–H and O–H groups in total. The average Bonchev–Trinajstić information content (AvgIpc) is 2.32. The van der Waals surface area contributed by atoms with Crippen LogP contribution in [0.25, 0.3) is 0 Å². The highest BCUT2D eigenvalue weighted by Crippen LogP contribution is 2.14. The van der Waals surface area contributed by atoms with Crippen molar-refractivity contribution in [3.05, 3.63) is 5.28 Å². The van der Waals surface area contributed by atoms with E-state index < -0.39 is 0 Å². The van der Waals surface area contributed by atoms with Gasteiger partial charge in [-0.2, -0.15) is 15.0 Å². The van der Waals surface area contributed by atoms with Gasteiger partial charge in [0.1, 0.15) is 0 Å². The highest BCUT2D eigenvalue weighted by atomic mass is 35.5. The molecular weight excluding hydrogens is 256 g/mol. The van der Waals surface area contributed by atoms with Crippen LogP contribution in [0.1, 0.15) is 26.7 Å². The van der Waals surface area contributed by atoms with Crippen molar-refractivity contribution >= 4 is 17.5 Å². The number of anilines is 1. The first kappa shape index (κ1) is 14.9. The molecule has 1 rings (SSSR count). The Kier molecular flexibility index (Phi) is 6.07. The van der Waals surface area contributed by atoms with Gasteiger partial charge in [0.15, 0.2) is 0 Å². The molecule has 0 fully saturated rings. The van der Waals surface area contributed by atoms with E-state index in [0.717, 1.165) is 6.42 Å². The maximum Gasteiger partial charge on any atom is 0.322 e. The first-order valence-electron chi connectivity index (χ1n) is 5.96. The summed E-state index contributed by atoms with van der Waals surface area (Å²) in [5.74, 6) is 0.446. The zero-order valence-electron chi connectivity index (χ0n) is 10.9. The van der Waals surface area contributed by atoms with Crippen molar-refractivity contribution in [1.29, 1.82) is 0 Å². The summed E-state index contributed by atoms with van der Waals surface area (Å²) in [5, 5.41) is 9.35. The molecule has 0 saturated heterocycles. The molecule has 0 amide bonds. The van der Waals surface area contributed by atoms with Gasteiger partial charge in [-0.3, -0.25) is 0 Å². The van der Waals surface area contributed by atoms with Gasteiger partial charge in [0.25, 0.3) is 0 Å². The Hall–Kier alpha value is -1.14. The molecule has 0 aromatic carbocycles. The Morgan fingerprint density at radius 3 is 2.72 bits per heavy atom. The van der Waals surface area contributed by atoms with E-state index in [0.29, 0.717) is 25.5 Å². The zero-order valence-corrected chi connectivity index (χ0v) is 11.7. The molecule has 1 heterocycles. The Morgan fingerprint density at radius 1 is 1.39 bits per heavy atom. The fourth-order valence-electron chi connectivity index (χ4n) is 1.23. The van der Waals surface area contributed by atoms with Crippen LogP contribution in [0.15, 0.2) is 0 Å². The van der Waals surface area contributed by atoms with Crippen LogP contribution in [0.4, 0.5) is 5.95 Å². The molecule has 1 unspecified atom stereocenters. The van der Waals surface area contributed by atoms with Crippen LogP contribution in [-0.2, 0) is 0 Å². The van der Waals surface area contributed by atoms with Gasteiger partial charge < -0.3 is 14.7 Å². The number of hydrogen-bond donors (Lipinski definition) is 1. The summed E-state index contributed by atoms with van der Waals surface area (Å²) < 4.78 is 5.33. The van der Waals surface area contributed by atoms with Gasteiger partial charge in [-0.05, 0) is 31.4 Å². The quantitative estimate of drug-likeness (QED) is 0.813.